The topological polar surface area (TPSA) is 21.3 Å². The van der Waals surface area contributed by atoms with E-state index in [-0.39, 0.29) is 11.1 Å². The highest BCUT2D eigenvalue weighted by molar-refractivity contribution is 6.36. The minimum atomic E-state index is -0.511. The standard InChI is InChI=1S/C15H13Cl3FNO/c1-8(14-10(17)4-5-11(19)15(14)18)20-12-7-9(16)3-6-13(12)21-2/h3-8,20H,1-2H3. The minimum Gasteiger partial charge on any atom is -0.495 e. The van der Waals surface area contributed by atoms with E-state index in [9.17, 15) is 4.39 Å². The van der Waals surface area contributed by atoms with Gasteiger partial charge in [-0.15, -0.1) is 0 Å². The smallest absolute Gasteiger partial charge is 0.142 e. The average molecular weight is 349 g/mol. The molecule has 0 saturated carbocycles. The van der Waals surface area contributed by atoms with Gasteiger partial charge in [0, 0.05) is 15.6 Å². The zero-order valence-electron chi connectivity index (χ0n) is 11.4. The molecule has 2 aromatic carbocycles. The summed E-state index contributed by atoms with van der Waals surface area (Å²) < 4.78 is 18.9. The molecule has 0 aliphatic rings. The van der Waals surface area contributed by atoms with Crippen molar-refractivity contribution in [2.75, 3.05) is 12.4 Å². The van der Waals surface area contributed by atoms with Crippen molar-refractivity contribution in [3.8, 4) is 5.75 Å². The van der Waals surface area contributed by atoms with Gasteiger partial charge in [0.05, 0.1) is 23.9 Å². The molecule has 1 atom stereocenters. The van der Waals surface area contributed by atoms with Crippen molar-refractivity contribution in [3.63, 3.8) is 0 Å². The van der Waals surface area contributed by atoms with Crippen LogP contribution in [0.5, 0.6) is 5.75 Å². The molecule has 0 fully saturated rings. The molecule has 1 N–H and O–H groups in total. The average Bonchev–Trinajstić information content (AvgIpc) is 2.43. The van der Waals surface area contributed by atoms with Gasteiger partial charge < -0.3 is 10.1 Å². The van der Waals surface area contributed by atoms with Crippen LogP contribution in [0.15, 0.2) is 30.3 Å². The Kier molecular flexibility index (Phi) is 5.20. The number of anilines is 1. The van der Waals surface area contributed by atoms with Crippen molar-refractivity contribution in [1.29, 1.82) is 0 Å². The Morgan fingerprint density at radius 1 is 1.14 bits per heavy atom. The van der Waals surface area contributed by atoms with Gasteiger partial charge in [-0.05, 0) is 37.3 Å². The lowest BCUT2D eigenvalue weighted by atomic mass is 10.1. The molecular weight excluding hydrogens is 336 g/mol. The van der Waals surface area contributed by atoms with Crippen LogP contribution in [0.2, 0.25) is 15.1 Å². The first-order valence-corrected chi connectivity index (χ1v) is 7.31. The molecule has 2 nitrogen and oxygen atoms in total. The fourth-order valence-electron chi connectivity index (χ4n) is 2.04. The Morgan fingerprint density at radius 3 is 2.52 bits per heavy atom. The van der Waals surface area contributed by atoms with Gasteiger partial charge in [0.2, 0.25) is 0 Å². The summed E-state index contributed by atoms with van der Waals surface area (Å²) in [5.41, 5.74) is 1.16. The van der Waals surface area contributed by atoms with Crippen LogP contribution >= 0.6 is 34.8 Å². The summed E-state index contributed by atoms with van der Waals surface area (Å²) in [6, 6.07) is 7.57. The lowest BCUT2D eigenvalue weighted by molar-refractivity contribution is 0.416. The molecule has 0 bridgehead atoms. The van der Waals surface area contributed by atoms with Crippen molar-refractivity contribution in [2.45, 2.75) is 13.0 Å². The maximum Gasteiger partial charge on any atom is 0.142 e. The molecule has 112 valence electrons. The Labute approximate surface area is 137 Å². The van der Waals surface area contributed by atoms with Crippen LogP contribution in [0, 0.1) is 5.82 Å². The Bertz CT molecular complexity index is 664. The van der Waals surface area contributed by atoms with Gasteiger partial charge in [-0.3, -0.25) is 0 Å². The van der Waals surface area contributed by atoms with E-state index in [2.05, 4.69) is 5.32 Å². The Balaban J connectivity index is 2.37. The number of benzene rings is 2. The molecule has 0 spiro atoms. The second-order valence-electron chi connectivity index (χ2n) is 4.47. The Hall–Kier alpha value is -1.16. The summed E-state index contributed by atoms with van der Waals surface area (Å²) in [4.78, 5) is 0. The number of methoxy groups -OCH3 is 1. The van der Waals surface area contributed by atoms with E-state index in [1.54, 1.807) is 25.3 Å². The molecule has 0 saturated heterocycles. The molecule has 0 aromatic heterocycles. The van der Waals surface area contributed by atoms with E-state index >= 15 is 0 Å². The molecule has 0 radical (unpaired) electrons. The van der Waals surface area contributed by atoms with Crippen LogP contribution < -0.4 is 10.1 Å². The molecule has 1 unspecified atom stereocenters. The highest BCUT2D eigenvalue weighted by Crippen LogP contribution is 2.36. The summed E-state index contributed by atoms with van der Waals surface area (Å²) in [5, 5.41) is 4.13. The van der Waals surface area contributed by atoms with Crippen LogP contribution in [0.25, 0.3) is 0 Å². The van der Waals surface area contributed by atoms with Gasteiger partial charge in [-0.25, -0.2) is 4.39 Å². The molecular formula is C15H13Cl3FNO. The molecule has 21 heavy (non-hydrogen) atoms. The number of nitrogens with one attached hydrogen (secondary N) is 1. The molecule has 6 heteroatoms. The van der Waals surface area contributed by atoms with Gasteiger partial charge in [-0.1, -0.05) is 34.8 Å². The summed E-state index contributed by atoms with van der Waals surface area (Å²) >= 11 is 18.1. The lowest BCUT2D eigenvalue weighted by Crippen LogP contribution is -2.09. The van der Waals surface area contributed by atoms with E-state index < -0.39 is 5.82 Å². The number of hydrogen-bond acceptors (Lipinski definition) is 2. The molecule has 0 aliphatic carbocycles. The highest BCUT2D eigenvalue weighted by Gasteiger charge is 2.18. The van der Waals surface area contributed by atoms with E-state index in [4.69, 9.17) is 39.5 Å². The van der Waals surface area contributed by atoms with Crippen LogP contribution in [0.3, 0.4) is 0 Å². The molecule has 0 amide bonds. The van der Waals surface area contributed by atoms with Gasteiger partial charge in [0.15, 0.2) is 0 Å². The second-order valence-corrected chi connectivity index (χ2v) is 5.69. The number of ether oxygens (including phenoxy) is 1. The van der Waals surface area contributed by atoms with E-state index in [1.165, 1.54) is 12.1 Å². The van der Waals surface area contributed by atoms with Crippen LogP contribution in [-0.4, -0.2) is 7.11 Å². The second kappa shape index (κ2) is 6.73. The molecule has 0 aliphatic heterocycles. The third kappa shape index (κ3) is 3.54. The first-order chi connectivity index (χ1) is 9.93. The molecule has 2 aromatic rings. The maximum atomic E-state index is 13.6. The summed E-state index contributed by atoms with van der Waals surface area (Å²) in [5.74, 6) is 0.109. The Morgan fingerprint density at radius 2 is 1.86 bits per heavy atom. The first kappa shape index (κ1) is 16.2. The maximum absolute atomic E-state index is 13.6. The highest BCUT2D eigenvalue weighted by atomic mass is 35.5. The van der Waals surface area contributed by atoms with Gasteiger partial charge in [0.1, 0.15) is 11.6 Å². The summed E-state index contributed by atoms with van der Waals surface area (Å²) in [6.45, 7) is 1.83. The third-order valence-electron chi connectivity index (χ3n) is 3.05. The van der Waals surface area contributed by atoms with Gasteiger partial charge >= 0.3 is 0 Å². The fourth-order valence-corrected chi connectivity index (χ4v) is 2.91. The number of rotatable bonds is 4. The fraction of sp³-hybridized carbons (Fsp3) is 0.200. The third-order valence-corrected chi connectivity index (χ3v) is 3.99. The van der Waals surface area contributed by atoms with Crippen molar-refractivity contribution in [3.05, 3.63) is 56.8 Å². The minimum absolute atomic E-state index is 0.00324. The predicted molar refractivity (Wildman–Crippen MR) is 86.5 cm³/mol. The van der Waals surface area contributed by atoms with E-state index in [0.717, 1.165) is 0 Å². The zero-order chi connectivity index (χ0) is 15.6. The SMILES string of the molecule is COc1ccc(Cl)cc1NC(C)c1c(Cl)ccc(F)c1Cl. The number of hydrogen-bond donors (Lipinski definition) is 1. The lowest BCUT2D eigenvalue weighted by Gasteiger charge is -2.20. The largest absolute Gasteiger partial charge is 0.495 e. The predicted octanol–water partition coefficient (Wildman–Crippen LogP) is 5.97. The van der Waals surface area contributed by atoms with Gasteiger partial charge in [0.25, 0.3) is 0 Å². The van der Waals surface area contributed by atoms with E-state index in [1.807, 2.05) is 6.92 Å². The van der Waals surface area contributed by atoms with Crippen LogP contribution in [0.4, 0.5) is 10.1 Å². The number of halogens is 4. The quantitative estimate of drug-likeness (QED) is 0.687. The van der Waals surface area contributed by atoms with Crippen LogP contribution in [-0.2, 0) is 0 Å². The summed E-state index contributed by atoms with van der Waals surface area (Å²) in [7, 11) is 1.56. The van der Waals surface area contributed by atoms with Crippen molar-refractivity contribution >= 4 is 40.5 Å². The van der Waals surface area contributed by atoms with E-state index in [0.29, 0.717) is 27.0 Å². The molecule has 0 heterocycles. The zero-order valence-corrected chi connectivity index (χ0v) is 13.7. The van der Waals surface area contributed by atoms with Crippen molar-refractivity contribution in [2.24, 2.45) is 0 Å². The monoisotopic (exact) mass is 347 g/mol. The normalized spacial score (nSPS) is 12.1. The van der Waals surface area contributed by atoms with Crippen molar-refractivity contribution in [1.82, 2.24) is 0 Å². The van der Waals surface area contributed by atoms with Crippen LogP contribution in [0.1, 0.15) is 18.5 Å². The summed E-state index contributed by atoms with van der Waals surface area (Å²) in [6.07, 6.45) is 0. The molecule has 2 rings (SSSR count). The first-order valence-electron chi connectivity index (χ1n) is 6.17. The van der Waals surface area contributed by atoms with Crippen molar-refractivity contribution < 1.29 is 9.13 Å². The van der Waals surface area contributed by atoms with Gasteiger partial charge in [-0.2, -0.15) is 0 Å².